The van der Waals surface area contributed by atoms with E-state index in [1.807, 2.05) is 0 Å². The molecule has 16 heavy (non-hydrogen) atoms. The average Bonchev–Trinajstić information content (AvgIpc) is 2.72. The minimum atomic E-state index is -0.140. The second-order valence-corrected chi connectivity index (χ2v) is 5.96. The summed E-state index contributed by atoms with van der Waals surface area (Å²) in [6.45, 7) is 6.94. The maximum absolute atomic E-state index is 9.76. The van der Waals surface area contributed by atoms with Crippen LogP contribution in [-0.4, -0.2) is 11.2 Å². The highest BCUT2D eigenvalue weighted by Gasteiger charge is 2.34. The standard InChI is InChI=1S/C15H24O/c1-11-7-9-13(15(11,2)3)10-8-12-5-4-6-14(12)16/h7-8,13-14,16H,4-6,9-10H2,1-3H3/b12-8-/t13-,14+/m0/s1. The highest BCUT2D eigenvalue weighted by atomic mass is 16.3. The van der Waals surface area contributed by atoms with Gasteiger partial charge in [-0.3, -0.25) is 0 Å². The molecule has 0 aromatic heterocycles. The van der Waals surface area contributed by atoms with E-state index in [9.17, 15) is 5.11 Å². The minimum Gasteiger partial charge on any atom is -0.389 e. The summed E-state index contributed by atoms with van der Waals surface area (Å²) in [4.78, 5) is 0. The second-order valence-electron chi connectivity index (χ2n) is 5.96. The Bertz CT molecular complexity index is 322. The van der Waals surface area contributed by atoms with Crippen molar-refractivity contribution in [2.75, 3.05) is 0 Å². The third-order valence-electron chi connectivity index (χ3n) is 4.78. The number of rotatable bonds is 2. The van der Waals surface area contributed by atoms with Gasteiger partial charge in [0.2, 0.25) is 0 Å². The molecule has 1 nitrogen and oxygen atoms in total. The Balaban J connectivity index is 1.97. The molecule has 2 rings (SSSR count). The quantitative estimate of drug-likeness (QED) is 0.701. The molecule has 90 valence electrons. The van der Waals surface area contributed by atoms with Crippen molar-refractivity contribution in [1.82, 2.24) is 0 Å². The third-order valence-corrected chi connectivity index (χ3v) is 4.78. The Morgan fingerprint density at radius 3 is 2.75 bits per heavy atom. The van der Waals surface area contributed by atoms with Gasteiger partial charge in [0, 0.05) is 0 Å². The number of aliphatic hydroxyl groups is 1. The fourth-order valence-electron chi connectivity index (χ4n) is 2.97. The summed E-state index contributed by atoms with van der Waals surface area (Å²) in [5.74, 6) is 0.729. The lowest BCUT2D eigenvalue weighted by Crippen LogP contribution is -2.20. The minimum absolute atomic E-state index is 0.140. The lowest BCUT2D eigenvalue weighted by Gasteiger charge is -2.29. The Morgan fingerprint density at radius 1 is 1.50 bits per heavy atom. The molecule has 0 aromatic rings. The van der Waals surface area contributed by atoms with Crippen LogP contribution in [0.1, 0.15) is 52.9 Å². The molecular weight excluding hydrogens is 196 g/mol. The predicted molar refractivity (Wildman–Crippen MR) is 68.2 cm³/mol. The Hall–Kier alpha value is -0.560. The van der Waals surface area contributed by atoms with Crippen LogP contribution in [0.25, 0.3) is 0 Å². The SMILES string of the molecule is CC1=CC[C@@H](C/C=C2/CCC[C@H]2O)C1(C)C. The summed E-state index contributed by atoms with van der Waals surface area (Å²) in [6.07, 6.45) is 10.1. The topological polar surface area (TPSA) is 20.2 Å². The molecule has 0 heterocycles. The molecule has 0 radical (unpaired) electrons. The first-order valence-electron chi connectivity index (χ1n) is 6.56. The van der Waals surface area contributed by atoms with Crippen molar-refractivity contribution in [1.29, 1.82) is 0 Å². The zero-order valence-corrected chi connectivity index (χ0v) is 10.8. The van der Waals surface area contributed by atoms with E-state index in [1.54, 1.807) is 0 Å². The number of allylic oxidation sites excluding steroid dienone is 3. The van der Waals surface area contributed by atoms with Crippen LogP contribution >= 0.6 is 0 Å². The van der Waals surface area contributed by atoms with Crippen LogP contribution in [0.2, 0.25) is 0 Å². The fourth-order valence-corrected chi connectivity index (χ4v) is 2.97. The maximum atomic E-state index is 9.76. The highest BCUT2D eigenvalue weighted by Crippen LogP contribution is 2.45. The van der Waals surface area contributed by atoms with Crippen molar-refractivity contribution >= 4 is 0 Å². The van der Waals surface area contributed by atoms with Crippen molar-refractivity contribution in [3.63, 3.8) is 0 Å². The smallest absolute Gasteiger partial charge is 0.0750 e. The van der Waals surface area contributed by atoms with E-state index in [4.69, 9.17) is 0 Å². The number of hydrogen-bond donors (Lipinski definition) is 1. The van der Waals surface area contributed by atoms with E-state index < -0.39 is 0 Å². The summed E-state index contributed by atoms with van der Waals surface area (Å²) in [7, 11) is 0. The van der Waals surface area contributed by atoms with E-state index >= 15 is 0 Å². The van der Waals surface area contributed by atoms with Crippen molar-refractivity contribution in [3.05, 3.63) is 23.3 Å². The first kappa shape index (κ1) is 11.9. The monoisotopic (exact) mass is 220 g/mol. The molecule has 2 aliphatic carbocycles. The van der Waals surface area contributed by atoms with Crippen molar-refractivity contribution in [2.24, 2.45) is 11.3 Å². The zero-order valence-electron chi connectivity index (χ0n) is 10.8. The van der Waals surface area contributed by atoms with Crippen LogP contribution in [-0.2, 0) is 0 Å². The van der Waals surface area contributed by atoms with Crippen molar-refractivity contribution in [2.45, 2.75) is 59.0 Å². The van der Waals surface area contributed by atoms with Crippen LogP contribution < -0.4 is 0 Å². The molecule has 2 atom stereocenters. The van der Waals surface area contributed by atoms with Gasteiger partial charge in [-0.05, 0) is 55.9 Å². The number of aliphatic hydroxyl groups excluding tert-OH is 1. The first-order valence-corrected chi connectivity index (χ1v) is 6.56. The van der Waals surface area contributed by atoms with Gasteiger partial charge in [-0.25, -0.2) is 0 Å². The van der Waals surface area contributed by atoms with E-state index in [-0.39, 0.29) is 6.10 Å². The average molecular weight is 220 g/mol. The summed E-state index contributed by atoms with van der Waals surface area (Å²) >= 11 is 0. The molecule has 1 N–H and O–H groups in total. The normalized spacial score (nSPS) is 35.8. The molecule has 1 heteroatoms. The highest BCUT2D eigenvalue weighted by molar-refractivity contribution is 5.20. The number of hydrogen-bond acceptors (Lipinski definition) is 1. The molecule has 1 fully saturated rings. The molecule has 0 unspecified atom stereocenters. The molecular formula is C15H24O. The molecule has 1 saturated carbocycles. The molecule has 2 aliphatic rings. The zero-order chi connectivity index (χ0) is 11.8. The van der Waals surface area contributed by atoms with Crippen LogP contribution in [0.5, 0.6) is 0 Å². The van der Waals surface area contributed by atoms with Gasteiger partial charge >= 0.3 is 0 Å². The van der Waals surface area contributed by atoms with Crippen LogP contribution in [0.4, 0.5) is 0 Å². The van der Waals surface area contributed by atoms with Crippen LogP contribution in [0, 0.1) is 11.3 Å². The lowest BCUT2D eigenvalue weighted by atomic mass is 9.76. The van der Waals surface area contributed by atoms with E-state index in [2.05, 4.69) is 32.9 Å². The lowest BCUT2D eigenvalue weighted by molar-refractivity contribution is 0.216. The molecule has 0 amide bonds. The van der Waals surface area contributed by atoms with E-state index in [0.717, 1.165) is 25.2 Å². The van der Waals surface area contributed by atoms with Crippen LogP contribution in [0.3, 0.4) is 0 Å². The largest absolute Gasteiger partial charge is 0.389 e. The molecule has 0 saturated heterocycles. The third kappa shape index (κ3) is 2.10. The van der Waals surface area contributed by atoms with E-state index in [1.165, 1.54) is 24.0 Å². The summed E-state index contributed by atoms with van der Waals surface area (Å²) < 4.78 is 0. The van der Waals surface area contributed by atoms with Gasteiger partial charge < -0.3 is 5.11 Å². The Morgan fingerprint density at radius 2 is 2.25 bits per heavy atom. The van der Waals surface area contributed by atoms with Crippen LogP contribution in [0.15, 0.2) is 23.3 Å². The van der Waals surface area contributed by atoms with Gasteiger partial charge in [0.1, 0.15) is 0 Å². The van der Waals surface area contributed by atoms with Gasteiger partial charge in [0.15, 0.2) is 0 Å². The molecule has 0 spiro atoms. The van der Waals surface area contributed by atoms with Crippen molar-refractivity contribution in [3.8, 4) is 0 Å². The van der Waals surface area contributed by atoms with Gasteiger partial charge in [-0.2, -0.15) is 0 Å². The first-order chi connectivity index (χ1) is 7.51. The Kier molecular flexibility index (Phi) is 3.25. The van der Waals surface area contributed by atoms with Crippen molar-refractivity contribution < 1.29 is 5.11 Å². The molecule has 0 aromatic carbocycles. The van der Waals surface area contributed by atoms with Gasteiger partial charge in [-0.1, -0.05) is 31.6 Å². The summed E-state index contributed by atoms with van der Waals surface area (Å²) in [5, 5.41) is 9.76. The second kappa shape index (κ2) is 4.37. The molecule has 0 bridgehead atoms. The molecule has 0 aliphatic heterocycles. The Labute approximate surface area is 99.3 Å². The maximum Gasteiger partial charge on any atom is 0.0750 e. The van der Waals surface area contributed by atoms with Gasteiger partial charge in [0.05, 0.1) is 6.10 Å². The summed E-state index contributed by atoms with van der Waals surface area (Å²) in [6, 6.07) is 0. The predicted octanol–water partition coefficient (Wildman–Crippen LogP) is 3.84. The fraction of sp³-hybridized carbons (Fsp3) is 0.733. The van der Waals surface area contributed by atoms with Gasteiger partial charge in [0.25, 0.3) is 0 Å². The van der Waals surface area contributed by atoms with Gasteiger partial charge in [-0.15, -0.1) is 0 Å². The van der Waals surface area contributed by atoms with E-state index in [0.29, 0.717) is 5.41 Å². The summed E-state index contributed by atoms with van der Waals surface area (Å²) in [5.41, 5.74) is 3.17.